The molecule has 0 saturated heterocycles. The minimum absolute atomic E-state index is 0.171. The molecule has 0 unspecified atom stereocenters. The van der Waals surface area contributed by atoms with Crippen LogP contribution in [0.3, 0.4) is 0 Å². The van der Waals surface area contributed by atoms with Crippen LogP contribution >= 0.6 is 0 Å². The fraction of sp³-hybridized carbons (Fsp3) is 0.476. The Labute approximate surface area is 300 Å². The third-order valence-corrected chi connectivity index (χ3v) is 16.7. The minimum Gasteiger partial charge on any atom is -0.378 e. The Hall–Kier alpha value is -3.84. The molecule has 49 heavy (non-hydrogen) atoms. The molecule has 0 radical (unpaired) electrons. The average Bonchev–Trinajstić information content (AvgIpc) is 3.19. The second-order valence-electron chi connectivity index (χ2n) is 15.6. The van der Waals surface area contributed by atoms with Gasteiger partial charge in [0.05, 0.1) is 0 Å². The van der Waals surface area contributed by atoms with Gasteiger partial charge in [-0.25, -0.2) is 0 Å². The van der Waals surface area contributed by atoms with E-state index in [4.69, 9.17) is 0 Å². The molecule has 0 atom stereocenters. The lowest BCUT2D eigenvalue weighted by Gasteiger charge is -2.49. The number of hydrogen-bond donors (Lipinski definition) is 0. The lowest BCUT2D eigenvalue weighted by atomic mass is 10.1. The van der Waals surface area contributed by atoms with Crippen LogP contribution in [-0.2, 0) is 0 Å². The molecule has 3 aromatic rings. The van der Waals surface area contributed by atoms with Crippen LogP contribution in [0, 0.1) is 20.8 Å². The van der Waals surface area contributed by atoms with Gasteiger partial charge >= 0.3 is 0 Å². The Morgan fingerprint density at radius 1 is 0.367 bits per heavy atom. The molecule has 1 aliphatic rings. The van der Waals surface area contributed by atoms with E-state index in [-0.39, 0.29) is 5.54 Å². The monoisotopic (exact) mass is 680 g/mol. The topological polar surface area (TPSA) is 19.4 Å². The average molecular weight is 681 g/mol. The molecule has 0 aliphatic heterocycles. The van der Waals surface area contributed by atoms with Crippen molar-refractivity contribution in [3.8, 4) is 0 Å². The van der Waals surface area contributed by atoms with Crippen LogP contribution in [0.1, 0.15) is 44.4 Å². The minimum atomic E-state index is -3.30. The summed E-state index contributed by atoms with van der Waals surface area (Å²) in [6, 6.07) is 14.2. The summed E-state index contributed by atoms with van der Waals surface area (Å²) < 4.78 is 0. The van der Waals surface area contributed by atoms with Gasteiger partial charge in [0.1, 0.15) is 0 Å². The number of rotatable bonds is 10. The van der Waals surface area contributed by atoms with Crippen molar-refractivity contribution in [3.05, 3.63) is 75.4 Å². The quantitative estimate of drug-likeness (QED) is 0.178. The van der Waals surface area contributed by atoms with Crippen molar-refractivity contribution in [2.45, 2.75) is 54.0 Å². The van der Waals surface area contributed by atoms with E-state index >= 15 is 0 Å². The molecule has 0 aromatic heterocycles. The van der Waals surface area contributed by atoms with E-state index in [1.54, 1.807) is 0 Å². The van der Waals surface area contributed by atoms with E-state index in [2.05, 4.69) is 199 Å². The zero-order valence-electron chi connectivity index (χ0n) is 34.2. The Morgan fingerprint density at radius 2 is 0.612 bits per heavy atom. The van der Waals surface area contributed by atoms with Crippen molar-refractivity contribution in [1.82, 2.24) is 0 Å². The van der Waals surface area contributed by atoms with Gasteiger partial charge in [-0.1, -0.05) is 29.3 Å². The number of nitrogens with zero attached hydrogens (tertiary/aromatic N) is 6. The summed E-state index contributed by atoms with van der Waals surface area (Å²) in [5.74, 6) is 0. The second-order valence-corrected chi connectivity index (χ2v) is 19.3. The molecule has 0 fully saturated rings. The zero-order chi connectivity index (χ0) is 37.0. The lowest BCUT2D eigenvalue weighted by Crippen LogP contribution is -2.73. The maximum atomic E-state index is 2.43. The summed E-state index contributed by atoms with van der Waals surface area (Å²) in [6.45, 7) is 16.5. The summed E-state index contributed by atoms with van der Waals surface area (Å²) in [4.78, 5) is 14.3. The predicted molar refractivity (Wildman–Crippen MR) is 225 cm³/mol. The van der Waals surface area contributed by atoms with Gasteiger partial charge in [0.15, 0.2) is 8.07 Å². The first-order chi connectivity index (χ1) is 22.7. The summed E-state index contributed by atoms with van der Waals surface area (Å²) in [6.07, 6.45) is 0. The van der Waals surface area contributed by atoms with Gasteiger partial charge in [-0.05, 0) is 110 Å². The fourth-order valence-electron chi connectivity index (χ4n) is 8.87. The van der Waals surface area contributed by atoms with E-state index in [9.17, 15) is 0 Å². The number of hydrogen-bond acceptors (Lipinski definition) is 6. The third-order valence-electron chi connectivity index (χ3n) is 11.1. The SMILES string of the molecule is CC1=C(C)C([Si](c2c(N(C)C)ccc(C)c2N(C)C)(c2c(N(C)C)ccc(C)c2N(C)C)c2c(N(C)C)ccc(C)c2N(C)C)C(C)=C1C. The molecular weight excluding hydrogens is 617 g/mol. The Kier molecular flexibility index (Phi) is 10.7. The zero-order valence-corrected chi connectivity index (χ0v) is 35.2. The number of aryl methyl sites for hydroxylation is 3. The molecule has 6 nitrogen and oxygen atoms in total. The Balaban J connectivity index is 2.72. The maximum absolute atomic E-state index is 3.30. The second kappa shape index (κ2) is 13.8. The van der Waals surface area contributed by atoms with Crippen molar-refractivity contribution in [1.29, 1.82) is 0 Å². The van der Waals surface area contributed by atoms with Gasteiger partial charge in [0.25, 0.3) is 0 Å². The molecular formula is C42H64N6Si. The van der Waals surface area contributed by atoms with E-state index in [1.165, 1.54) is 88.7 Å². The molecule has 7 heteroatoms. The van der Waals surface area contributed by atoms with E-state index in [1.807, 2.05) is 0 Å². The van der Waals surface area contributed by atoms with Crippen LogP contribution in [0.5, 0.6) is 0 Å². The number of anilines is 6. The fourth-order valence-corrected chi connectivity index (χ4v) is 16.7. The first kappa shape index (κ1) is 38.0. The van der Waals surface area contributed by atoms with Crippen LogP contribution in [0.4, 0.5) is 34.1 Å². The summed E-state index contributed by atoms with van der Waals surface area (Å²) in [5.41, 5.74) is 17.8. The Bertz CT molecular complexity index is 1620. The van der Waals surface area contributed by atoms with Crippen molar-refractivity contribution in [2.75, 3.05) is 114 Å². The van der Waals surface area contributed by atoms with Crippen LogP contribution in [0.25, 0.3) is 0 Å². The molecule has 1 aliphatic carbocycles. The van der Waals surface area contributed by atoms with Gasteiger partial charge in [0.2, 0.25) is 0 Å². The van der Waals surface area contributed by atoms with Crippen LogP contribution in [-0.4, -0.2) is 92.6 Å². The molecule has 0 bridgehead atoms. The highest BCUT2D eigenvalue weighted by atomic mass is 28.3. The van der Waals surface area contributed by atoms with Gasteiger partial charge in [-0.2, -0.15) is 0 Å². The molecule has 0 heterocycles. The maximum Gasteiger partial charge on any atom is 0.175 e. The van der Waals surface area contributed by atoms with Crippen LogP contribution in [0.15, 0.2) is 58.7 Å². The number of allylic oxidation sites excluding steroid dienone is 4. The first-order valence-electron chi connectivity index (χ1n) is 17.6. The summed E-state index contributed by atoms with van der Waals surface area (Å²) >= 11 is 0. The standard InChI is InChI=1S/C42H64N6Si/c1-26-20-23-33(43(8)9)40(36(26)46(14)15)49(39-31(6)29(4)30(5)32(39)7,41-34(44(10)11)24-21-27(2)37(41)47(16)17)42-35(45(12)13)25-22-28(3)38(42)48(18)19/h20-25,39H,1-19H3. The number of benzene rings is 3. The lowest BCUT2D eigenvalue weighted by molar-refractivity contribution is 1.05. The molecule has 266 valence electrons. The van der Waals surface area contributed by atoms with Gasteiger partial charge in [-0.15, -0.1) is 0 Å². The largest absolute Gasteiger partial charge is 0.378 e. The molecule has 0 N–H and O–H groups in total. The normalized spacial score (nSPS) is 13.8. The van der Waals surface area contributed by atoms with E-state index in [0.29, 0.717) is 0 Å². The smallest absolute Gasteiger partial charge is 0.175 e. The first-order valence-corrected chi connectivity index (χ1v) is 19.6. The van der Waals surface area contributed by atoms with E-state index in [0.717, 1.165) is 0 Å². The van der Waals surface area contributed by atoms with Gasteiger partial charge < -0.3 is 29.4 Å². The predicted octanol–water partition coefficient (Wildman–Crippen LogP) is 6.53. The summed E-state index contributed by atoms with van der Waals surface area (Å²) in [5, 5.41) is 4.42. The highest BCUT2D eigenvalue weighted by Crippen LogP contribution is 2.51. The molecule has 4 rings (SSSR count). The molecule has 0 spiro atoms. The Morgan fingerprint density at radius 3 is 0.816 bits per heavy atom. The van der Waals surface area contributed by atoms with E-state index < -0.39 is 8.07 Å². The van der Waals surface area contributed by atoms with Crippen molar-refractivity contribution < 1.29 is 0 Å². The van der Waals surface area contributed by atoms with Crippen molar-refractivity contribution >= 4 is 57.8 Å². The van der Waals surface area contributed by atoms with Crippen LogP contribution in [0.2, 0.25) is 5.54 Å². The molecule has 3 aromatic carbocycles. The molecule has 0 amide bonds. The van der Waals surface area contributed by atoms with Crippen molar-refractivity contribution in [2.24, 2.45) is 0 Å². The highest BCUT2D eigenvalue weighted by Gasteiger charge is 2.58. The van der Waals surface area contributed by atoms with Crippen molar-refractivity contribution in [3.63, 3.8) is 0 Å². The highest BCUT2D eigenvalue weighted by molar-refractivity contribution is 7.17. The third kappa shape index (κ3) is 5.92. The van der Waals surface area contributed by atoms with Gasteiger partial charge in [0, 0.05) is 124 Å². The molecule has 0 saturated carbocycles. The van der Waals surface area contributed by atoms with Gasteiger partial charge in [-0.3, -0.25) is 0 Å². The van der Waals surface area contributed by atoms with Crippen LogP contribution < -0.4 is 45.0 Å². The summed E-state index contributed by atoms with van der Waals surface area (Å²) in [7, 11) is 23.5.